The van der Waals surface area contributed by atoms with Crippen molar-refractivity contribution in [2.45, 2.75) is 26.1 Å². The van der Waals surface area contributed by atoms with Crippen LogP contribution < -0.4 is 22.9 Å². The van der Waals surface area contributed by atoms with Crippen LogP contribution in [0, 0.1) is 0 Å². The van der Waals surface area contributed by atoms with Gasteiger partial charge in [0.1, 0.15) is 12.2 Å². The van der Waals surface area contributed by atoms with Crippen molar-refractivity contribution < 1.29 is 19.8 Å². The Morgan fingerprint density at radius 1 is 0.900 bits per heavy atom. The van der Waals surface area contributed by atoms with Crippen molar-refractivity contribution in [3.05, 3.63) is 0 Å². The number of rotatable bonds is 7. The Bertz CT molecular complexity index is 219. The summed E-state index contributed by atoms with van der Waals surface area (Å²) in [5, 5.41) is 16.3. The first kappa shape index (κ1) is 24.5. The highest BCUT2D eigenvalue weighted by molar-refractivity contribution is 8.76. The summed E-state index contributed by atoms with van der Waals surface area (Å²) in [7, 11) is 3.58. The van der Waals surface area contributed by atoms with E-state index in [-0.39, 0.29) is 0 Å². The van der Waals surface area contributed by atoms with Gasteiger partial charge in [0.2, 0.25) is 11.8 Å². The molecule has 8 nitrogen and oxygen atoms in total. The van der Waals surface area contributed by atoms with E-state index in [1.54, 1.807) is 21.6 Å². The Balaban J connectivity index is -0.000000221. The fourth-order valence-electron chi connectivity index (χ4n) is 0.214. The van der Waals surface area contributed by atoms with E-state index in [1.165, 1.54) is 13.8 Å². The molecule has 0 aliphatic rings. The molecule has 2 atom stereocenters. The molecular formula is C10H26N4O4S2. The van der Waals surface area contributed by atoms with Crippen LogP contribution in [0.15, 0.2) is 0 Å². The lowest BCUT2D eigenvalue weighted by Crippen LogP contribution is -2.24. The first-order chi connectivity index (χ1) is 9.20. The van der Waals surface area contributed by atoms with Gasteiger partial charge in [-0.25, -0.2) is 0 Å². The minimum atomic E-state index is -1.01. The molecule has 10 N–H and O–H groups in total. The van der Waals surface area contributed by atoms with Crippen LogP contribution in [0.1, 0.15) is 13.8 Å². The molecule has 0 rings (SSSR count). The number of hydrogen-bond donors (Lipinski definition) is 6. The van der Waals surface area contributed by atoms with Crippen LogP contribution in [0.25, 0.3) is 0 Å². The number of carbonyl (C=O) groups is 2. The number of primary amides is 2. The highest BCUT2D eigenvalue weighted by Gasteiger charge is 1.98. The molecule has 0 saturated heterocycles. The Morgan fingerprint density at radius 2 is 1.10 bits per heavy atom. The van der Waals surface area contributed by atoms with E-state index in [0.29, 0.717) is 0 Å². The second kappa shape index (κ2) is 18.5. The first-order valence-electron chi connectivity index (χ1n) is 5.79. The van der Waals surface area contributed by atoms with Gasteiger partial charge in [-0.1, -0.05) is 21.6 Å². The van der Waals surface area contributed by atoms with E-state index in [4.69, 9.17) is 21.7 Å². The standard InChI is InChI=1S/C4H12N2S2.2C3H7NO2/c5-1-3-7-8-4-2-6;2*1-2(5)3(4)6/h1-6H2;2*2,5H,1H3,(H2,4,6). The second-order valence-electron chi connectivity index (χ2n) is 3.38. The number of nitrogens with two attached hydrogens (primary N) is 4. The molecule has 0 aromatic heterocycles. The molecule has 2 unspecified atom stereocenters. The van der Waals surface area contributed by atoms with Gasteiger partial charge >= 0.3 is 0 Å². The third kappa shape index (κ3) is 30.5. The lowest BCUT2D eigenvalue weighted by Gasteiger charge is -1.93. The molecule has 0 aromatic rings. The molecule has 0 radical (unpaired) electrons. The maximum absolute atomic E-state index is 9.67. The first-order valence-corrected chi connectivity index (χ1v) is 8.28. The van der Waals surface area contributed by atoms with Crippen LogP contribution in [0.5, 0.6) is 0 Å². The van der Waals surface area contributed by atoms with Crippen LogP contribution in [0.3, 0.4) is 0 Å². The average molecular weight is 330 g/mol. The molecule has 0 spiro atoms. The van der Waals surface area contributed by atoms with E-state index in [0.717, 1.165) is 24.6 Å². The monoisotopic (exact) mass is 330 g/mol. The fraction of sp³-hybridized carbons (Fsp3) is 0.800. The molecule has 0 aliphatic heterocycles. The highest BCUT2D eigenvalue weighted by atomic mass is 33.1. The van der Waals surface area contributed by atoms with E-state index < -0.39 is 24.0 Å². The summed E-state index contributed by atoms with van der Waals surface area (Å²) in [4.78, 5) is 19.3. The predicted molar refractivity (Wildman–Crippen MR) is 84.8 cm³/mol. The summed E-state index contributed by atoms with van der Waals surface area (Å²) in [6.45, 7) is 4.18. The van der Waals surface area contributed by atoms with Gasteiger partial charge in [-0.2, -0.15) is 0 Å². The highest BCUT2D eigenvalue weighted by Crippen LogP contribution is 2.18. The van der Waals surface area contributed by atoms with Gasteiger partial charge in [0.05, 0.1) is 0 Å². The normalized spacial score (nSPS) is 12.1. The smallest absolute Gasteiger partial charge is 0.245 e. The summed E-state index contributed by atoms with van der Waals surface area (Å²) in [6, 6.07) is 0. The minimum absolute atomic E-state index is 0.685. The van der Waals surface area contributed by atoms with Gasteiger partial charge in [0, 0.05) is 24.6 Å². The summed E-state index contributed by atoms with van der Waals surface area (Å²) in [5.74, 6) is 0.694. The molecule has 0 heterocycles. The van der Waals surface area contributed by atoms with Crippen molar-refractivity contribution in [1.29, 1.82) is 0 Å². The lowest BCUT2D eigenvalue weighted by atomic mass is 10.4. The minimum Gasteiger partial charge on any atom is -0.384 e. The largest absolute Gasteiger partial charge is 0.384 e. The Kier molecular flexibility index (Phi) is 22.6. The van der Waals surface area contributed by atoms with Gasteiger partial charge in [-0.15, -0.1) is 0 Å². The molecule has 10 heteroatoms. The third-order valence-electron chi connectivity index (χ3n) is 1.31. The SMILES string of the molecule is CC(O)C(N)=O.CC(O)C(N)=O.NCCSSCCN. The number of aliphatic hydroxyl groups excluding tert-OH is 2. The summed E-state index contributed by atoms with van der Waals surface area (Å²) in [6.07, 6.45) is -2.02. The molecule has 0 bridgehead atoms. The van der Waals surface area contributed by atoms with E-state index in [1.807, 2.05) is 0 Å². The summed E-state index contributed by atoms with van der Waals surface area (Å²) < 4.78 is 0. The van der Waals surface area contributed by atoms with Crippen molar-refractivity contribution in [3.63, 3.8) is 0 Å². The van der Waals surface area contributed by atoms with Gasteiger partial charge in [0.15, 0.2) is 0 Å². The van der Waals surface area contributed by atoms with Gasteiger partial charge in [-0.05, 0) is 13.8 Å². The van der Waals surface area contributed by atoms with Crippen molar-refractivity contribution in [2.75, 3.05) is 24.6 Å². The van der Waals surface area contributed by atoms with Crippen LogP contribution >= 0.6 is 21.6 Å². The predicted octanol–water partition coefficient (Wildman–Crippen LogP) is -2.01. The summed E-state index contributed by atoms with van der Waals surface area (Å²) >= 11 is 0. The van der Waals surface area contributed by atoms with Crippen molar-refractivity contribution >= 4 is 33.4 Å². The van der Waals surface area contributed by atoms with Crippen molar-refractivity contribution in [2.24, 2.45) is 22.9 Å². The van der Waals surface area contributed by atoms with Crippen molar-refractivity contribution in [1.82, 2.24) is 0 Å². The van der Waals surface area contributed by atoms with Crippen LogP contribution in [0.2, 0.25) is 0 Å². The fourth-order valence-corrected chi connectivity index (χ4v) is 1.93. The number of aliphatic hydroxyl groups is 2. The zero-order valence-corrected chi connectivity index (χ0v) is 13.5. The van der Waals surface area contributed by atoms with Gasteiger partial charge in [0.25, 0.3) is 0 Å². The molecular weight excluding hydrogens is 304 g/mol. The quantitative estimate of drug-likeness (QED) is 0.229. The maximum Gasteiger partial charge on any atom is 0.245 e. The Hall–Kier alpha value is -0.520. The van der Waals surface area contributed by atoms with Gasteiger partial charge < -0.3 is 33.1 Å². The molecule has 20 heavy (non-hydrogen) atoms. The number of carbonyl (C=O) groups excluding carboxylic acids is 2. The van der Waals surface area contributed by atoms with E-state index in [9.17, 15) is 9.59 Å². The zero-order chi connectivity index (χ0) is 16.6. The van der Waals surface area contributed by atoms with Crippen molar-refractivity contribution in [3.8, 4) is 0 Å². The van der Waals surface area contributed by atoms with E-state index in [2.05, 4.69) is 11.5 Å². The molecule has 2 amide bonds. The third-order valence-corrected chi connectivity index (χ3v) is 3.78. The molecule has 122 valence electrons. The Labute approximate surface area is 127 Å². The maximum atomic E-state index is 9.67. The van der Waals surface area contributed by atoms with E-state index >= 15 is 0 Å². The Morgan fingerprint density at radius 3 is 1.20 bits per heavy atom. The second-order valence-corrected chi connectivity index (χ2v) is 6.08. The molecule has 0 aliphatic carbocycles. The summed E-state index contributed by atoms with van der Waals surface area (Å²) in [5.41, 5.74) is 19.6. The average Bonchev–Trinajstić information content (AvgIpc) is 2.36. The molecule has 0 fully saturated rings. The molecule has 0 saturated carbocycles. The van der Waals surface area contributed by atoms with Gasteiger partial charge in [-0.3, -0.25) is 9.59 Å². The lowest BCUT2D eigenvalue weighted by molar-refractivity contribution is -0.125. The van der Waals surface area contributed by atoms with Crippen LogP contribution in [-0.2, 0) is 9.59 Å². The van der Waals surface area contributed by atoms with Crippen LogP contribution in [-0.4, -0.2) is 58.8 Å². The topological polar surface area (TPSA) is 179 Å². The number of hydrogen-bond acceptors (Lipinski definition) is 8. The zero-order valence-electron chi connectivity index (χ0n) is 11.8. The molecule has 0 aromatic carbocycles. The number of amides is 2. The van der Waals surface area contributed by atoms with Crippen LogP contribution in [0.4, 0.5) is 0 Å².